The van der Waals surface area contributed by atoms with Gasteiger partial charge in [-0.3, -0.25) is 0 Å². The third-order valence-corrected chi connectivity index (χ3v) is 2.16. The van der Waals surface area contributed by atoms with Crippen molar-refractivity contribution in [2.24, 2.45) is 0 Å². The van der Waals surface area contributed by atoms with Crippen LogP contribution in [0.4, 0.5) is 5.82 Å². The van der Waals surface area contributed by atoms with Crippen LogP contribution in [-0.2, 0) is 0 Å². The minimum Gasteiger partial charge on any atom is -0.394 e. The zero-order chi connectivity index (χ0) is 10.6. The van der Waals surface area contributed by atoms with Gasteiger partial charge in [0.15, 0.2) is 0 Å². The molecule has 0 saturated carbocycles. The Morgan fingerprint density at radius 3 is 3.00 bits per heavy atom. The molecule has 0 spiro atoms. The lowest BCUT2D eigenvalue weighted by molar-refractivity contribution is 0.270. The summed E-state index contributed by atoms with van der Waals surface area (Å²) in [4.78, 5) is 5.95. The molecule has 1 rings (SSSR count). The van der Waals surface area contributed by atoms with Crippen LogP contribution < -0.4 is 4.90 Å². The maximum atomic E-state index is 8.96. The van der Waals surface area contributed by atoms with Gasteiger partial charge in [0.05, 0.1) is 24.3 Å². The quantitative estimate of drug-likeness (QED) is 0.766. The normalized spacial score (nSPS) is 11.9. The summed E-state index contributed by atoms with van der Waals surface area (Å²) in [6, 6.07) is 5.40. The summed E-state index contributed by atoms with van der Waals surface area (Å²) in [5.41, 5.74) is 0.576. The zero-order valence-electron chi connectivity index (χ0n) is 8.31. The molecule has 1 unspecified atom stereocenters. The van der Waals surface area contributed by atoms with Crippen molar-refractivity contribution in [2.45, 2.75) is 13.0 Å². The zero-order valence-corrected chi connectivity index (χ0v) is 8.31. The molecule has 0 saturated heterocycles. The largest absolute Gasteiger partial charge is 0.394 e. The molecular weight excluding hydrogens is 178 g/mol. The first-order chi connectivity index (χ1) is 6.69. The second-order valence-corrected chi connectivity index (χ2v) is 3.16. The van der Waals surface area contributed by atoms with Gasteiger partial charge >= 0.3 is 0 Å². The Labute approximate surface area is 83.4 Å². The molecule has 74 valence electrons. The second-order valence-electron chi connectivity index (χ2n) is 3.16. The molecule has 0 aliphatic rings. The smallest absolute Gasteiger partial charge is 0.129 e. The average molecular weight is 191 g/mol. The molecule has 0 aromatic carbocycles. The van der Waals surface area contributed by atoms with Crippen molar-refractivity contribution in [3.8, 4) is 6.07 Å². The van der Waals surface area contributed by atoms with E-state index in [2.05, 4.69) is 4.98 Å². The first-order valence-electron chi connectivity index (χ1n) is 4.39. The van der Waals surface area contributed by atoms with Gasteiger partial charge in [0.1, 0.15) is 5.82 Å². The number of anilines is 1. The highest BCUT2D eigenvalue weighted by Gasteiger charge is 2.09. The lowest BCUT2D eigenvalue weighted by Crippen LogP contribution is -2.32. The van der Waals surface area contributed by atoms with Crippen molar-refractivity contribution >= 4 is 5.82 Å². The van der Waals surface area contributed by atoms with E-state index in [9.17, 15) is 0 Å². The Kier molecular flexibility index (Phi) is 3.43. The molecule has 4 heteroatoms. The van der Waals surface area contributed by atoms with Crippen LogP contribution in [-0.4, -0.2) is 29.8 Å². The molecule has 0 amide bonds. The number of nitriles is 1. The van der Waals surface area contributed by atoms with Crippen molar-refractivity contribution in [1.29, 1.82) is 5.26 Å². The third kappa shape index (κ3) is 2.21. The number of aliphatic hydroxyl groups excluding tert-OH is 1. The van der Waals surface area contributed by atoms with E-state index in [4.69, 9.17) is 10.4 Å². The van der Waals surface area contributed by atoms with E-state index in [0.717, 1.165) is 0 Å². The summed E-state index contributed by atoms with van der Waals surface area (Å²) in [5.74, 6) is 0.700. The molecule has 1 heterocycles. The first kappa shape index (κ1) is 10.5. The standard InChI is InChI=1S/C10H13N3O/c1-8(7-14)13(2)10-5-9(6-11)3-4-12-10/h3-5,8,14H,7H2,1-2H3. The summed E-state index contributed by atoms with van der Waals surface area (Å²) >= 11 is 0. The third-order valence-electron chi connectivity index (χ3n) is 2.16. The lowest BCUT2D eigenvalue weighted by atomic mass is 10.2. The van der Waals surface area contributed by atoms with E-state index in [1.54, 1.807) is 18.3 Å². The molecule has 1 aromatic heterocycles. The predicted molar refractivity (Wildman–Crippen MR) is 53.9 cm³/mol. The van der Waals surface area contributed by atoms with Crippen molar-refractivity contribution in [2.75, 3.05) is 18.6 Å². The van der Waals surface area contributed by atoms with Crippen LogP contribution in [0.3, 0.4) is 0 Å². The molecule has 1 aromatic rings. The fraction of sp³-hybridized carbons (Fsp3) is 0.400. The van der Waals surface area contributed by atoms with Gasteiger partial charge in [-0.05, 0) is 19.1 Å². The van der Waals surface area contributed by atoms with Crippen LogP contribution in [0.1, 0.15) is 12.5 Å². The minimum atomic E-state index is -0.00329. The summed E-state index contributed by atoms with van der Waals surface area (Å²) in [7, 11) is 1.84. The number of rotatable bonds is 3. The number of aromatic nitrogens is 1. The number of nitrogens with zero attached hydrogens (tertiary/aromatic N) is 3. The van der Waals surface area contributed by atoms with Crippen LogP contribution in [0.15, 0.2) is 18.3 Å². The van der Waals surface area contributed by atoms with Crippen molar-refractivity contribution in [1.82, 2.24) is 4.98 Å². The van der Waals surface area contributed by atoms with E-state index in [-0.39, 0.29) is 12.6 Å². The highest BCUT2D eigenvalue weighted by Crippen LogP contribution is 2.12. The number of likely N-dealkylation sites (N-methyl/N-ethyl adjacent to an activating group) is 1. The number of hydrogen-bond acceptors (Lipinski definition) is 4. The topological polar surface area (TPSA) is 60.1 Å². The molecular formula is C10H13N3O. The van der Waals surface area contributed by atoms with Gasteiger partial charge in [0.2, 0.25) is 0 Å². The maximum Gasteiger partial charge on any atom is 0.129 e. The second kappa shape index (κ2) is 4.58. The van der Waals surface area contributed by atoms with E-state index in [1.165, 1.54) is 0 Å². The molecule has 0 aliphatic heterocycles. The lowest BCUT2D eigenvalue weighted by Gasteiger charge is -2.23. The van der Waals surface area contributed by atoms with Gasteiger partial charge in [0.25, 0.3) is 0 Å². The van der Waals surface area contributed by atoms with Crippen molar-refractivity contribution in [3.05, 3.63) is 23.9 Å². The van der Waals surface area contributed by atoms with E-state index >= 15 is 0 Å². The highest BCUT2D eigenvalue weighted by molar-refractivity contribution is 5.44. The Morgan fingerprint density at radius 2 is 2.43 bits per heavy atom. The van der Waals surface area contributed by atoms with Crippen LogP contribution in [0.5, 0.6) is 0 Å². The van der Waals surface area contributed by atoms with Crippen LogP contribution in [0.25, 0.3) is 0 Å². The van der Waals surface area contributed by atoms with E-state index in [1.807, 2.05) is 24.9 Å². The van der Waals surface area contributed by atoms with Gasteiger partial charge in [-0.2, -0.15) is 5.26 Å². The molecule has 0 fully saturated rings. The molecule has 0 aliphatic carbocycles. The molecule has 14 heavy (non-hydrogen) atoms. The van der Waals surface area contributed by atoms with Gasteiger partial charge in [0, 0.05) is 13.2 Å². The molecule has 0 radical (unpaired) electrons. The Morgan fingerprint density at radius 1 is 1.71 bits per heavy atom. The molecule has 1 atom stereocenters. The number of aliphatic hydroxyl groups is 1. The van der Waals surface area contributed by atoms with Crippen LogP contribution >= 0.6 is 0 Å². The SMILES string of the molecule is CC(CO)N(C)c1cc(C#N)ccn1. The van der Waals surface area contributed by atoms with Gasteiger partial charge in [-0.1, -0.05) is 0 Å². The Bertz CT molecular complexity index is 345. The Hall–Kier alpha value is -1.60. The monoisotopic (exact) mass is 191 g/mol. The van der Waals surface area contributed by atoms with Crippen LogP contribution in [0.2, 0.25) is 0 Å². The number of pyridine rings is 1. The van der Waals surface area contributed by atoms with E-state index in [0.29, 0.717) is 11.4 Å². The van der Waals surface area contributed by atoms with E-state index < -0.39 is 0 Å². The first-order valence-corrected chi connectivity index (χ1v) is 4.39. The van der Waals surface area contributed by atoms with Gasteiger partial charge in [-0.15, -0.1) is 0 Å². The fourth-order valence-corrected chi connectivity index (χ4v) is 1.03. The molecule has 0 bridgehead atoms. The van der Waals surface area contributed by atoms with Gasteiger partial charge < -0.3 is 10.0 Å². The molecule has 1 N–H and O–H groups in total. The van der Waals surface area contributed by atoms with Crippen molar-refractivity contribution in [3.63, 3.8) is 0 Å². The summed E-state index contributed by atoms with van der Waals surface area (Å²) in [6.07, 6.45) is 1.59. The average Bonchev–Trinajstić information content (AvgIpc) is 2.27. The highest BCUT2D eigenvalue weighted by atomic mass is 16.3. The fourth-order valence-electron chi connectivity index (χ4n) is 1.03. The van der Waals surface area contributed by atoms with Gasteiger partial charge in [-0.25, -0.2) is 4.98 Å². The summed E-state index contributed by atoms with van der Waals surface area (Å²) < 4.78 is 0. The summed E-state index contributed by atoms with van der Waals surface area (Å²) in [5, 5.41) is 17.7. The maximum absolute atomic E-state index is 8.96. The Balaban J connectivity index is 2.91. The number of hydrogen-bond donors (Lipinski definition) is 1. The minimum absolute atomic E-state index is 0.00329. The summed E-state index contributed by atoms with van der Waals surface area (Å²) in [6.45, 7) is 1.95. The van der Waals surface area contributed by atoms with Crippen molar-refractivity contribution < 1.29 is 5.11 Å². The predicted octanol–water partition coefficient (Wildman–Crippen LogP) is 0.770. The van der Waals surface area contributed by atoms with Crippen LogP contribution in [0, 0.1) is 11.3 Å². The molecule has 4 nitrogen and oxygen atoms in total.